The molecule has 160 valence electrons. The number of hydrogen-bond donors (Lipinski definition) is 2. The summed E-state index contributed by atoms with van der Waals surface area (Å²) in [6, 6.07) is 15.3. The second-order valence-electron chi connectivity index (χ2n) is 6.42. The fourth-order valence-electron chi connectivity index (χ4n) is 2.97. The Hall–Kier alpha value is -4.07. The summed E-state index contributed by atoms with van der Waals surface area (Å²) in [5, 5.41) is 5.59. The number of rotatable bonds is 8. The van der Waals surface area contributed by atoms with Gasteiger partial charge in [0, 0.05) is 11.8 Å². The number of pyridine rings is 1. The first-order valence-corrected chi connectivity index (χ1v) is 9.46. The lowest BCUT2D eigenvalue weighted by Crippen LogP contribution is -2.25. The Labute approximate surface area is 180 Å². The first kappa shape index (κ1) is 21.6. The highest BCUT2D eigenvalue weighted by molar-refractivity contribution is 6.09. The van der Waals surface area contributed by atoms with Crippen LogP contribution in [0.1, 0.15) is 26.4 Å². The number of methoxy groups -OCH3 is 3. The fourth-order valence-corrected chi connectivity index (χ4v) is 2.97. The largest absolute Gasteiger partial charge is 0.493 e. The van der Waals surface area contributed by atoms with Crippen molar-refractivity contribution in [2.45, 2.75) is 6.54 Å². The van der Waals surface area contributed by atoms with Crippen molar-refractivity contribution in [3.8, 4) is 17.2 Å². The van der Waals surface area contributed by atoms with Crippen LogP contribution in [-0.2, 0) is 6.54 Å². The number of carbonyl (C=O) groups excluding carboxylic acids is 2. The second-order valence-corrected chi connectivity index (χ2v) is 6.42. The van der Waals surface area contributed by atoms with Gasteiger partial charge in [-0.1, -0.05) is 18.2 Å². The van der Waals surface area contributed by atoms with Crippen LogP contribution in [0, 0.1) is 0 Å². The van der Waals surface area contributed by atoms with Gasteiger partial charge >= 0.3 is 0 Å². The lowest BCUT2D eigenvalue weighted by atomic mass is 10.1. The van der Waals surface area contributed by atoms with E-state index in [1.807, 2.05) is 12.1 Å². The molecule has 0 radical (unpaired) electrons. The lowest BCUT2D eigenvalue weighted by Gasteiger charge is -2.15. The quantitative estimate of drug-likeness (QED) is 0.579. The van der Waals surface area contributed by atoms with Gasteiger partial charge in [-0.15, -0.1) is 0 Å². The number of para-hydroxylation sites is 1. The van der Waals surface area contributed by atoms with Gasteiger partial charge in [0.25, 0.3) is 11.8 Å². The molecule has 0 aliphatic heterocycles. The molecule has 0 aliphatic carbocycles. The Balaban J connectivity index is 1.80. The molecular weight excluding hydrogens is 398 g/mol. The van der Waals surface area contributed by atoms with E-state index >= 15 is 0 Å². The van der Waals surface area contributed by atoms with E-state index in [0.29, 0.717) is 28.5 Å². The normalized spacial score (nSPS) is 10.2. The molecule has 8 heteroatoms. The van der Waals surface area contributed by atoms with Crippen LogP contribution in [-0.4, -0.2) is 38.1 Å². The zero-order chi connectivity index (χ0) is 22.2. The van der Waals surface area contributed by atoms with E-state index in [2.05, 4.69) is 15.6 Å². The number of carbonyl (C=O) groups is 2. The van der Waals surface area contributed by atoms with E-state index in [-0.39, 0.29) is 18.0 Å². The molecule has 3 rings (SSSR count). The summed E-state index contributed by atoms with van der Waals surface area (Å²) in [5.41, 5.74) is 1.73. The maximum Gasteiger partial charge on any atom is 0.255 e. The molecule has 0 unspecified atom stereocenters. The summed E-state index contributed by atoms with van der Waals surface area (Å²) >= 11 is 0. The average molecular weight is 421 g/mol. The molecule has 2 aromatic carbocycles. The smallest absolute Gasteiger partial charge is 0.255 e. The third kappa shape index (κ3) is 5.11. The maximum absolute atomic E-state index is 12.9. The molecule has 0 aliphatic rings. The highest BCUT2D eigenvalue weighted by atomic mass is 16.5. The topological polar surface area (TPSA) is 98.8 Å². The monoisotopic (exact) mass is 421 g/mol. The van der Waals surface area contributed by atoms with E-state index in [9.17, 15) is 9.59 Å². The minimum atomic E-state index is -0.427. The molecule has 0 atom stereocenters. The van der Waals surface area contributed by atoms with Gasteiger partial charge in [-0.3, -0.25) is 14.6 Å². The molecule has 0 saturated carbocycles. The molecule has 2 amide bonds. The average Bonchev–Trinajstić information content (AvgIpc) is 2.82. The molecule has 1 aromatic heterocycles. The van der Waals surface area contributed by atoms with Crippen LogP contribution in [0.3, 0.4) is 0 Å². The number of nitrogens with one attached hydrogen (secondary N) is 2. The van der Waals surface area contributed by atoms with Crippen molar-refractivity contribution in [2.24, 2.45) is 0 Å². The van der Waals surface area contributed by atoms with Crippen LogP contribution in [0.2, 0.25) is 0 Å². The van der Waals surface area contributed by atoms with Crippen LogP contribution < -0.4 is 24.8 Å². The summed E-state index contributed by atoms with van der Waals surface area (Å²) in [4.78, 5) is 29.8. The van der Waals surface area contributed by atoms with Gasteiger partial charge in [-0.25, -0.2) is 0 Å². The van der Waals surface area contributed by atoms with Gasteiger partial charge in [-0.05, 0) is 36.4 Å². The highest BCUT2D eigenvalue weighted by Gasteiger charge is 2.19. The minimum absolute atomic E-state index is 0.273. The fraction of sp³-hybridized carbons (Fsp3) is 0.174. The number of benzene rings is 2. The van der Waals surface area contributed by atoms with Gasteiger partial charge in [0.2, 0.25) is 5.75 Å². The Bertz CT molecular complexity index is 1040. The minimum Gasteiger partial charge on any atom is -0.493 e. The Morgan fingerprint density at radius 1 is 0.871 bits per heavy atom. The standard InChI is InChI=1S/C23H23N3O5/c1-29-19-12-15(13-20(30-2)21(19)31-3)22(27)26-18-10-5-4-9-17(18)23(28)25-14-16-8-6-7-11-24-16/h4-13H,14H2,1-3H3,(H,25,28)(H,26,27). The molecule has 2 N–H and O–H groups in total. The van der Waals surface area contributed by atoms with Gasteiger partial charge in [-0.2, -0.15) is 0 Å². The van der Waals surface area contributed by atoms with Crippen LogP contribution in [0.4, 0.5) is 5.69 Å². The molecule has 3 aromatic rings. The number of anilines is 1. The Morgan fingerprint density at radius 2 is 1.55 bits per heavy atom. The predicted molar refractivity (Wildman–Crippen MR) is 116 cm³/mol. The second kappa shape index (κ2) is 10.1. The Morgan fingerprint density at radius 3 is 2.16 bits per heavy atom. The highest BCUT2D eigenvalue weighted by Crippen LogP contribution is 2.38. The molecular formula is C23H23N3O5. The molecule has 1 heterocycles. The number of ether oxygens (including phenoxy) is 3. The summed E-state index contributed by atoms with van der Waals surface area (Å²) in [5.74, 6) is 0.341. The van der Waals surface area contributed by atoms with Crippen molar-refractivity contribution in [2.75, 3.05) is 26.6 Å². The van der Waals surface area contributed by atoms with E-state index < -0.39 is 5.91 Å². The maximum atomic E-state index is 12.9. The summed E-state index contributed by atoms with van der Waals surface area (Å²) in [6.07, 6.45) is 1.66. The Kier molecular flexibility index (Phi) is 7.05. The van der Waals surface area contributed by atoms with Crippen LogP contribution in [0.15, 0.2) is 60.8 Å². The van der Waals surface area contributed by atoms with Crippen LogP contribution in [0.25, 0.3) is 0 Å². The van der Waals surface area contributed by atoms with Crippen molar-refractivity contribution in [1.82, 2.24) is 10.3 Å². The van der Waals surface area contributed by atoms with Crippen LogP contribution >= 0.6 is 0 Å². The van der Waals surface area contributed by atoms with Crippen molar-refractivity contribution in [3.63, 3.8) is 0 Å². The van der Waals surface area contributed by atoms with E-state index in [4.69, 9.17) is 14.2 Å². The summed E-state index contributed by atoms with van der Waals surface area (Å²) in [7, 11) is 4.43. The molecule has 0 spiro atoms. The molecule has 8 nitrogen and oxygen atoms in total. The SMILES string of the molecule is COc1cc(C(=O)Nc2ccccc2C(=O)NCc2ccccn2)cc(OC)c1OC. The predicted octanol–water partition coefficient (Wildman–Crippen LogP) is 3.29. The number of aromatic nitrogens is 1. The van der Waals surface area contributed by atoms with E-state index in [1.165, 1.54) is 21.3 Å². The third-order valence-electron chi connectivity index (χ3n) is 4.50. The van der Waals surface area contributed by atoms with Gasteiger partial charge in [0.15, 0.2) is 11.5 Å². The summed E-state index contributed by atoms with van der Waals surface area (Å²) in [6.45, 7) is 0.273. The van der Waals surface area contributed by atoms with Crippen molar-refractivity contribution < 1.29 is 23.8 Å². The molecule has 0 fully saturated rings. The van der Waals surface area contributed by atoms with Crippen molar-refractivity contribution >= 4 is 17.5 Å². The number of amides is 2. The summed E-state index contributed by atoms with van der Waals surface area (Å²) < 4.78 is 15.9. The molecule has 0 saturated heterocycles. The first-order valence-electron chi connectivity index (χ1n) is 9.46. The van der Waals surface area contributed by atoms with Crippen molar-refractivity contribution in [1.29, 1.82) is 0 Å². The van der Waals surface area contributed by atoms with Crippen LogP contribution in [0.5, 0.6) is 17.2 Å². The van der Waals surface area contributed by atoms with E-state index in [0.717, 1.165) is 5.69 Å². The zero-order valence-corrected chi connectivity index (χ0v) is 17.5. The lowest BCUT2D eigenvalue weighted by molar-refractivity contribution is 0.0951. The third-order valence-corrected chi connectivity index (χ3v) is 4.50. The van der Waals surface area contributed by atoms with Crippen molar-refractivity contribution in [3.05, 3.63) is 77.6 Å². The first-order chi connectivity index (χ1) is 15.1. The molecule has 31 heavy (non-hydrogen) atoms. The van der Waals surface area contributed by atoms with Gasteiger partial charge in [0.1, 0.15) is 0 Å². The zero-order valence-electron chi connectivity index (χ0n) is 17.5. The number of hydrogen-bond acceptors (Lipinski definition) is 6. The van der Waals surface area contributed by atoms with Gasteiger partial charge in [0.05, 0.1) is 44.8 Å². The number of nitrogens with zero attached hydrogens (tertiary/aromatic N) is 1. The van der Waals surface area contributed by atoms with Gasteiger partial charge < -0.3 is 24.8 Å². The molecule has 0 bridgehead atoms. The van der Waals surface area contributed by atoms with E-state index in [1.54, 1.807) is 48.7 Å².